The third kappa shape index (κ3) is 4.36. The summed E-state index contributed by atoms with van der Waals surface area (Å²) in [4.78, 5) is 28.8. The second kappa shape index (κ2) is 7.92. The van der Waals surface area contributed by atoms with E-state index in [1.165, 1.54) is 0 Å². The van der Waals surface area contributed by atoms with E-state index in [1.54, 1.807) is 24.7 Å². The van der Waals surface area contributed by atoms with Gasteiger partial charge in [-0.2, -0.15) is 0 Å². The van der Waals surface area contributed by atoms with Gasteiger partial charge in [0.25, 0.3) is 0 Å². The lowest BCUT2D eigenvalue weighted by atomic mass is 10.0. The zero-order valence-corrected chi connectivity index (χ0v) is 16.5. The van der Waals surface area contributed by atoms with Gasteiger partial charge in [-0.25, -0.2) is 15.0 Å². The number of aromatic amines is 1. The van der Waals surface area contributed by atoms with Crippen molar-refractivity contribution in [3.8, 4) is 11.4 Å². The van der Waals surface area contributed by atoms with Crippen molar-refractivity contribution >= 4 is 34.4 Å². The summed E-state index contributed by atoms with van der Waals surface area (Å²) in [6, 6.07) is 3.26. The number of nitrogens with zero attached hydrogens (tertiary/aromatic N) is 3. The van der Waals surface area contributed by atoms with Crippen molar-refractivity contribution in [1.29, 1.82) is 0 Å². The molecule has 0 aliphatic carbocycles. The first-order valence-corrected chi connectivity index (χ1v) is 9.26. The van der Waals surface area contributed by atoms with Crippen LogP contribution in [0.15, 0.2) is 30.7 Å². The van der Waals surface area contributed by atoms with E-state index < -0.39 is 6.04 Å². The summed E-state index contributed by atoms with van der Waals surface area (Å²) in [7, 11) is 0. The van der Waals surface area contributed by atoms with E-state index in [2.05, 4.69) is 30.6 Å². The molecule has 3 rings (SSSR count). The Morgan fingerprint density at radius 3 is 2.70 bits per heavy atom. The number of hydrogen-bond acceptors (Lipinski definition) is 5. The number of halogens is 1. The molecule has 0 radical (unpaired) electrons. The second-order valence-corrected chi connectivity index (χ2v) is 7.48. The Bertz CT molecular complexity index is 952. The van der Waals surface area contributed by atoms with Crippen LogP contribution in [-0.2, 0) is 4.79 Å². The monoisotopic (exact) mass is 386 g/mol. The number of nitrogens with one attached hydrogen (secondary N) is 3. The molecule has 1 atom stereocenters. The second-order valence-electron chi connectivity index (χ2n) is 7.05. The lowest BCUT2D eigenvalue weighted by Crippen LogP contribution is -2.45. The Balaban J connectivity index is 1.90. The minimum Gasteiger partial charge on any atom is -0.358 e. The maximum absolute atomic E-state index is 12.5. The van der Waals surface area contributed by atoms with Crippen molar-refractivity contribution in [2.75, 3.05) is 5.32 Å². The number of carbonyl (C=O) groups is 1. The maximum Gasteiger partial charge on any atom is 0.242 e. The molecular formula is C19H23ClN6O. The van der Waals surface area contributed by atoms with E-state index >= 15 is 0 Å². The summed E-state index contributed by atoms with van der Waals surface area (Å²) in [5.41, 5.74) is 1.52. The Kier molecular flexibility index (Phi) is 5.60. The molecule has 0 aromatic carbocycles. The molecule has 3 aromatic heterocycles. The number of anilines is 1. The summed E-state index contributed by atoms with van der Waals surface area (Å²) in [6.45, 7) is 7.86. The summed E-state index contributed by atoms with van der Waals surface area (Å²) in [5, 5.41) is 7.56. The minimum absolute atomic E-state index is 0.0526. The van der Waals surface area contributed by atoms with Crippen LogP contribution < -0.4 is 10.6 Å². The molecule has 3 N–H and O–H groups in total. The van der Waals surface area contributed by atoms with Crippen LogP contribution in [0.25, 0.3) is 22.4 Å². The van der Waals surface area contributed by atoms with Crippen molar-refractivity contribution in [2.45, 2.75) is 39.8 Å². The van der Waals surface area contributed by atoms with E-state index in [9.17, 15) is 4.79 Å². The lowest BCUT2D eigenvalue weighted by Gasteiger charge is -2.23. The molecule has 142 valence electrons. The zero-order chi connectivity index (χ0) is 19.6. The highest BCUT2D eigenvalue weighted by molar-refractivity contribution is 6.31. The van der Waals surface area contributed by atoms with Gasteiger partial charge in [-0.05, 0) is 31.9 Å². The number of aromatic nitrogens is 4. The SMILES string of the molecule is CC(C)NC(=O)[C@H](Nc1ccnc(-c2c[nH]c3ncc(Cl)cc23)n1)C(C)C. The van der Waals surface area contributed by atoms with Gasteiger partial charge in [0.15, 0.2) is 5.82 Å². The maximum atomic E-state index is 12.5. The van der Waals surface area contributed by atoms with E-state index in [0.717, 1.165) is 10.9 Å². The number of H-pyrrole nitrogens is 1. The van der Waals surface area contributed by atoms with Gasteiger partial charge in [0.1, 0.15) is 17.5 Å². The molecule has 3 aromatic rings. The van der Waals surface area contributed by atoms with Crippen LogP contribution in [-0.4, -0.2) is 37.9 Å². The summed E-state index contributed by atoms with van der Waals surface area (Å²) in [5.74, 6) is 1.16. The smallest absolute Gasteiger partial charge is 0.242 e. The molecular weight excluding hydrogens is 364 g/mol. The predicted molar refractivity (Wildman–Crippen MR) is 108 cm³/mol. The van der Waals surface area contributed by atoms with Gasteiger partial charge < -0.3 is 15.6 Å². The molecule has 8 heteroatoms. The van der Waals surface area contributed by atoms with Crippen LogP contribution in [0.4, 0.5) is 5.82 Å². The molecule has 0 spiro atoms. The van der Waals surface area contributed by atoms with Crippen LogP contribution in [0.3, 0.4) is 0 Å². The number of carbonyl (C=O) groups excluding carboxylic acids is 1. The third-order valence-electron chi connectivity index (χ3n) is 4.08. The van der Waals surface area contributed by atoms with Gasteiger partial charge in [-0.3, -0.25) is 4.79 Å². The molecule has 0 unspecified atom stereocenters. The van der Waals surface area contributed by atoms with Gasteiger partial charge in [0.05, 0.1) is 5.02 Å². The summed E-state index contributed by atoms with van der Waals surface area (Å²) >= 11 is 6.07. The topological polar surface area (TPSA) is 95.6 Å². The standard InChI is InChI=1S/C19H23ClN6O/c1-10(2)16(19(27)24-11(3)4)25-15-5-6-21-18(26-15)14-9-23-17-13(14)7-12(20)8-22-17/h5-11,16H,1-4H3,(H,22,23)(H,24,27)(H,21,25,26)/t16-/m1/s1. The number of pyridine rings is 1. The van der Waals surface area contributed by atoms with Crippen LogP contribution in [0.2, 0.25) is 5.02 Å². The predicted octanol–water partition coefficient (Wildman–Crippen LogP) is 3.63. The van der Waals surface area contributed by atoms with Crippen LogP contribution >= 0.6 is 11.6 Å². The average molecular weight is 387 g/mol. The molecule has 0 saturated heterocycles. The van der Waals surface area contributed by atoms with E-state index in [-0.39, 0.29) is 17.9 Å². The fraction of sp³-hybridized carbons (Fsp3) is 0.368. The van der Waals surface area contributed by atoms with Crippen molar-refractivity contribution in [3.05, 3.63) is 35.7 Å². The van der Waals surface area contributed by atoms with Gasteiger partial charge in [0, 0.05) is 35.6 Å². The normalized spacial score (nSPS) is 12.6. The lowest BCUT2D eigenvalue weighted by molar-refractivity contribution is -0.123. The number of rotatable bonds is 6. The molecule has 27 heavy (non-hydrogen) atoms. The molecule has 0 aliphatic heterocycles. The van der Waals surface area contributed by atoms with Crippen molar-refractivity contribution in [3.63, 3.8) is 0 Å². The number of fused-ring (bicyclic) bond motifs is 1. The van der Waals surface area contributed by atoms with Crippen molar-refractivity contribution in [1.82, 2.24) is 25.3 Å². The van der Waals surface area contributed by atoms with E-state index in [4.69, 9.17) is 11.6 Å². The van der Waals surface area contributed by atoms with Gasteiger partial charge >= 0.3 is 0 Å². The van der Waals surface area contributed by atoms with Crippen LogP contribution in [0.5, 0.6) is 0 Å². The van der Waals surface area contributed by atoms with Crippen LogP contribution in [0.1, 0.15) is 27.7 Å². The fourth-order valence-corrected chi connectivity index (χ4v) is 2.96. The molecule has 0 fully saturated rings. The molecule has 0 aliphatic rings. The highest BCUT2D eigenvalue weighted by Gasteiger charge is 2.23. The molecule has 7 nitrogen and oxygen atoms in total. The van der Waals surface area contributed by atoms with Gasteiger partial charge in [-0.1, -0.05) is 25.4 Å². The third-order valence-corrected chi connectivity index (χ3v) is 4.28. The van der Waals surface area contributed by atoms with Gasteiger partial charge in [-0.15, -0.1) is 0 Å². The Hall–Kier alpha value is -2.67. The molecule has 3 heterocycles. The van der Waals surface area contributed by atoms with Crippen molar-refractivity contribution < 1.29 is 4.79 Å². The van der Waals surface area contributed by atoms with Crippen molar-refractivity contribution in [2.24, 2.45) is 5.92 Å². The Morgan fingerprint density at radius 2 is 2.00 bits per heavy atom. The highest BCUT2D eigenvalue weighted by atomic mass is 35.5. The summed E-state index contributed by atoms with van der Waals surface area (Å²) < 4.78 is 0. The average Bonchev–Trinajstić information content (AvgIpc) is 3.02. The Morgan fingerprint density at radius 1 is 1.22 bits per heavy atom. The quantitative estimate of drug-likeness (QED) is 0.601. The van der Waals surface area contributed by atoms with Gasteiger partial charge in [0.2, 0.25) is 5.91 Å². The number of hydrogen-bond donors (Lipinski definition) is 3. The van der Waals surface area contributed by atoms with E-state index in [0.29, 0.717) is 22.3 Å². The molecule has 0 bridgehead atoms. The number of amides is 1. The minimum atomic E-state index is -0.394. The largest absolute Gasteiger partial charge is 0.358 e. The first-order valence-electron chi connectivity index (χ1n) is 8.88. The molecule has 1 amide bonds. The molecule has 0 saturated carbocycles. The van der Waals surface area contributed by atoms with Crippen LogP contribution in [0, 0.1) is 5.92 Å². The fourth-order valence-electron chi connectivity index (χ4n) is 2.80. The zero-order valence-electron chi connectivity index (χ0n) is 15.7. The highest BCUT2D eigenvalue weighted by Crippen LogP contribution is 2.27. The Labute approximate surface area is 163 Å². The first-order chi connectivity index (χ1) is 12.8. The first kappa shape index (κ1) is 19.1. The van der Waals surface area contributed by atoms with E-state index in [1.807, 2.05) is 33.8 Å². The summed E-state index contributed by atoms with van der Waals surface area (Å²) in [6.07, 6.45) is 5.06.